The second-order valence-corrected chi connectivity index (χ2v) is 11.6. The molecule has 0 saturated carbocycles. The van der Waals surface area contributed by atoms with Gasteiger partial charge in [0.1, 0.15) is 11.9 Å². The molecule has 0 aliphatic heterocycles. The van der Waals surface area contributed by atoms with Crippen LogP contribution in [0.2, 0.25) is 0 Å². The first kappa shape index (κ1) is 15.3. The fourth-order valence-corrected chi connectivity index (χ4v) is 4.34. The summed E-state index contributed by atoms with van der Waals surface area (Å²) in [7, 11) is -3.53. The molecule has 1 N–H and O–H groups in total. The number of hydrogen-bond donors (Lipinski definition) is 1. The van der Waals surface area contributed by atoms with Crippen LogP contribution in [-0.4, -0.2) is 20.9 Å². The minimum Gasteiger partial charge on any atom is -0.385 e. The molecule has 96 valence electrons. The first-order chi connectivity index (χ1) is 7.72. The normalized spacial score (nSPS) is 17.5. The zero-order chi connectivity index (χ0) is 13.3. The predicted molar refractivity (Wildman–Crippen MR) is 76.5 cm³/mol. The lowest BCUT2D eigenvalue weighted by Crippen LogP contribution is -2.33. The largest absolute Gasteiger partial charge is 0.385 e. The van der Waals surface area contributed by atoms with Crippen LogP contribution in [-0.2, 0) is 9.84 Å². The third kappa shape index (κ3) is 3.18. The number of aliphatic hydroxyl groups excluding tert-OH is 1. The molecular formula is C10H11BrFIO3S. The van der Waals surface area contributed by atoms with E-state index in [1.165, 1.54) is 25.1 Å². The third-order valence-corrected chi connectivity index (χ3v) is 8.61. The second kappa shape index (κ2) is 5.50. The van der Waals surface area contributed by atoms with E-state index in [0.29, 0.717) is 0 Å². The first-order valence-corrected chi connectivity index (χ1v) is 8.28. The molecule has 0 saturated heterocycles. The van der Waals surface area contributed by atoms with E-state index < -0.39 is 23.4 Å². The highest BCUT2D eigenvalue weighted by molar-refractivity contribution is 14.1. The quantitative estimate of drug-likeness (QED) is 0.583. The van der Waals surface area contributed by atoms with Crippen molar-refractivity contribution in [1.82, 2.24) is 0 Å². The average molecular weight is 437 g/mol. The number of alkyl halides is 2. The van der Waals surface area contributed by atoms with E-state index in [-0.39, 0.29) is 11.3 Å². The Bertz CT molecular complexity index is 504. The van der Waals surface area contributed by atoms with Crippen molar-refractivity contribution < 1.29 is 17.9 Å². The molecule has 1 aromatic carbocycles. The van der Waals surface area contributed by atoms with Gasteiger partial charge in [-0.3, -0.25) is 0 Å². The molecule has 17 heavy (non-hydrogen) atoms. The highest BCUT2D eigenvalue weighted by Crippen LogP contribution is 2.45. The molecule has 0 aliphatic rings. The Labute approximate surface area is 122 Å². The molecule has 0 aliphatic carbocycles. The van der Waals surface area contributed by atoms with Crippen LogP contribution in [0.25, 0.3) is 0 Å². The highest BCUT2D eigenvalue weighted by atomic mass is 127. The van der Waals surface area contributed by atoms with Gasteiger partial charge in [-0.2, -0.15) is 0 Å². The summed E-state index contributed by atoms with van der Waals surface area (Å²) < 4.78 is 35.1. The zero-order valence-electron chi connectivity index (χ0n) is 8.90. The summed E-state index contributed by atoms with van der Waals surface area (Å²) in [5.74, 6) is -0.636. The van der Waals surface area contributed by atoms with E-state index in [1.54, 1.807) is 22.6 Å². The number of aliphatic hydroxyl groups is 1. The summed E-state index contributed by atoms with van der Waals surface area (Å²) in [5, 5.41) is 10.0. The van der Waals surface area contributed by atoms with Crippen LogP contribution in [0, 0.1) is 5.82 Å². The van der Waals surface area contributed by atoms with Crippen molar-refractivity contribution in [3.63, 3.8) is 0 Å². The average Bonchev–Trinajstić information content (AvgIpc) is 2.27. The van der Waals surface area contributed by atoms with Crippen molar-refractivity contribution in [3.8, 4) is 0 Å². The van der Waals surface area contributed by atoms with E-state index in [4.69, 9.17) is 0 Å². The molecule has 1 rings (SSSR count). The fourth-order valence-electron chi connectivity index (χ4n) is 1.23. The lowest BCUT2D eigenvalue weighted by Gasteiger charge is -2.26. The van der Waals surface area contributed by atoms with E-state index in [0.717, 1.165) is 6.07 Å². The van der Waals surface area contributed by atoms with Crippen LogP contribution in [0.1, 0.15) is 18.6 Å². The number of rotatable bonds is 4. The molecule has 0 aromatic heterocycles. The minimum absolute atomic E-state index is 0.117. The van der Waals surface area contributed by atoms with Crippen LogP contribution >= 0.6 is 38.5 Å². The Morgan fingerprint density at radius 3 is 2.65 bits per heavy atom. The summed E-state index contributed by atoms with van der Waals surface area (Å²) in [5.41, 5.74) is 0.216. The van der Waals surface area contributed by atoms with Crippen molar-refractivity contribution >= 4 is 48.4 Å². The Morgan fingerprint density at radius 2 is 2.18 bits per heavy atom. The minimum atomic E-state index is -3.53. The van der Waals surface area contributed by atoms with Gasteiger partial charge in [0, 0.05) is 5.75 Å². The SMILES string of the molecule is CCS(=O)(=O)[C@](Br)(I)[C@@H](O)c1cccc(F)c1. The molecule has 0 heterocycles. The lowest BCUT2D eigenvalue weighted by molar-refractivity contribution is 0.190. The Hall–Kier alpha value is 0.270. The Morgan fingerprint density at radius 1 is 1.59 bits per heavy atom. The maximum Gasteiger partial charge on any atom is 0.207 e. The van der Waals surface area contributed by atoms with Crippen molar-refractivity contribution in [2.45, 2.75) is 14.7 Å². The molecule has 0 amide bonds. The summed E-state index contributed by atoms with van der Waals surface area (Å²) in [4.78, 5) is 0. The molecule has 7 heteroatoms. The van der Waals surface area contributed by atoms with Gasteiger partial charge < -0.3 is 5.11 Å². The molecule has 0 spiro atoms. The number of sulfone groups is 1. The van der Waals surface area contributed by atoms with E-state index in [2.05, 4.69) is 15.9 Å². The van der Waals surface area contributed by atoms with Gasteiger partial charge in [-0.15, -0.1) is 0 Å². The van der Waals surface area contributed by atoms with Gasteiger partial charge in [-0.25, -0.2) is 12.8 Å². The second-order valence-electron chi connectivity index (χ2n) is 3.42. The number of halogens is 3. The predicted octanol–water partition coefficient (Wildman–Crippen LogP) is 2.78. The van der Waals surface area contributed by atoms with Crippen LogP contribution in [0.4, 0.5) is 4.39 Å². The smallest absolute Gasteiger partial charge is 0.207 e. The zero-order valence-corrected chi connectivity index (χ0v) is 13.5. The summed E-state index contributed by atoms with van der Waals surface area (Å²) in [6.45, 7) is 1.49. The van der Waals surface area contributed by atoms with Gasteiger partial charge in [-0.05, 0) is 40.3 Å². The topological polar surface area (TPSA) is 54.4 Å². The molecular weight excluding hydrogens is 426 g/mol. The van der Waals surface area contributed by atoms with E-state index in [1.807, 2.05) is 0 Å². The van der Waals surface area contributed by atoms with Gasteiger partial charge in [0.25, 0.3) is 0 Å². The number of hydrogen-bond acceptors (Lipinski definition) is 3. The highest BCUT2D eigenvalue weighted by Gasteiger charge is 2.45. The molecule has 0 fully saturated rings. The van der Waals surface area contributed by atoms with Crippen molar-refractivity contribution in [1.29, 1.82) is 0 Å². The van der Waals surface area contributed by atoms with E-state index in [9.17, 15) is 17.9 Å². The molecule has 0 radical (unpaired) electrons. The van der Waals surface area contributed by atoms with Gasteiger partial charge >= 0.3 is 0 Å². The maximum absolute atomic E-state index is 13.0. The monoisotopic (exact) mass is 436 g/mol. The summed E-state index contributed by atoms with van der Waals surface area (Å²) in [6, 6.07) is 5.25. The summed E-state index contributed by atoms with van der Waals surface area (Å²) >= 11 is 4.63. The maximum atomic E-state index is 13.0. The summed E-state index contributed by atoms with van der Waals surface area (Å²) in [6.07, 6.45) is -1.34. The molecule has 3 nitrogen and oxygen atoms in total. The molecule has 2 atom stereocenters. The first-order valence-electron chi connectivity index (χ1n) is 4.76. The van der Waals surface area contributed by atoms with Gasteiger partial charge in [0.15, 0.2) is 9.84 Å². The molecule has 1 aromatic rings. The van der Waals surface area contributed by atoms with Crippen LogP contribution in [0.15, 0.2) is 24.3 Å². The van der Waals surface area contributed by atoms with Gasteiger partial charge in [0.05, 0.1) is 0 Å². The van der Waals surface area contributed by atoms with E-state index >= 15 is 0 Å². The number of benzene rings is 1. The third-order valence-electron chi connectivity index (χ3n) is 2.28. The Kier molecular flexibility index (Phi) is 4.96. The molecule has 0 unspecified atom stereocenters. The Balaban J connectivity index is 3.17. The van der Waals surface area contributed by atoms with Crippen LogP contribution in [0.3, 0.4) is 0 Å². The van der Waals surface area contributed by atoms with Gasteiger partial charge in [-0.1, -0.05) is 35.0 Å². The van der Waals surface area contributed by atoms with Crippen LogP contribution in [0.5, 0.6) is 0 Å². The standard InChI is InChI=1S/C10H11BrFIO3S/c1-2-17(15,16)10(11,13)9(14)7-4-3-5-8(12)6-7/h3-6,9,14H,2H2,1H3/t9-,10+/m0/s1. The van der Waals surface area contributed by atoms with Crippen LogP contribution < -0.4 is 0 Å². The van der Waals surface area contributed by atoms with Crippen molar-refractivity contribution in [3.05, 3.63) is 35.6 Å². The lowest BCUT2D eigenvalue weighted by atomic mass is 10.1. The van der Waals surface area contributed by atoms with Crippen molar-refractivity contribution in [2.24, 2.45) is 0 Å². The fraction of sp³-hybridized carbons (Fsp3) is 0.400. The van der Waals surface area contributed by atoms with Crippen molar-refractivity contribution in [2.75, 3.05) is 5.75 Å². The molecule has 0 bridgehead atoms. The van der Waals surface area contributed by atoms with Gasteiger partial charge in [0.2, 0.25) is 1.66 Å².